The van der Waals surface area contributed by atoms with Crippen molar-refractivity contribution in [3.63, 3.8) is 0 Å². The van der Waals surface area contributed by atoms with Gasteiger partial charge in [-0.25, -0.2) is 8.42 Å². The van der Waals surface area contributed by atoms with Crippen LogP contribution in [0.4, 0.5) is 11.4 Å². The summed E-state index contributed by atoms with van der Waals surface area (Å²) in [5.41, 5.74) is 1.29. The Balaban J connectivity index is 1.62. The van der Waals surface area contributed by atoms with Crippen LogP contribution in [0.5, 0.6) is 5.75 Å². The minimum atomic E-state index is -3.77. The maximum atomic E-state index is 12.6. The highest BCUT2D eigenvalue weighted by atomic mass is 35.5. The molecule has 0 heterocycles. The third-order valence-corrected chi connectivity index (χ3v) is 5.92. The predicted octanol–water partition coefficient (Wildman–Crippen LogP) is 4.28. The van der Waals surface area contributed by atoms with Crippen LogP contribution in [0.1, 0.15) is 10.4 Å². The fourth-order valence-corrected chi connectivity index (χ4v) is 4.02. The number of methoxy groups -OCH3 is 1. The Kier molecular flexibility index (Phi) is 7.11. The molecule has 3 aromatic rings. The highest BCUT2D eigenvalue weighted by Crippen LogP contribution is 2.20. The van der Waals surface area contributed by atoms with Gasteiger partial charge in [-0.15, -0.1) is 0 Å². The number of halogens is 1. The monoisotopic (exact) mass is 475 g/mol. The smallest absolute Gasteiger partial charge is 0.261 e. The maximum Gasteiger partial charge on any atom is 0.261 e. The number of ether oxygens (including phenoxy) is 1. The van der Waals surface area contributed by atoms with E-state index in [1.165, 1.54) is 25.3 Å². The molecule has 0 atom stereocenters. The van der Waals surface area contributed by atoms with E-state index in [2.05, 4.69) is 15.4 Å². The number of nitrogens with one attached hydrogen (secondary N) is 3. The van der Waals surface area contributed by atoms with Crippen LogP contribution >= 0.6 is 23.8 Å². The molecule has 0 aliphatic rings. The van der Waals surface area contributed by atoms with Gasteiger partial charge in [-0.3, -0.25) is 14.8 Å². The summed E-state index contributed by atoms with van der Waals surface area (Å²) in [6.45, 7) is 0. The highest BCUT2D eigenvalue weighted by molar-refractivity contribution is 7.92. The molecule has 0 aromatic heterocycles. The molecule has 0 aliphatic carbocycles. The Morgan fingerprint density at radius 3 is 2.23 bits per heavy atom. The Morgan fingerprint density at radius 1 is 0.968 bits per heavy atom. The maximum absolute atomic E-state index is 12.6. The summed E-state index contributed by atoms with van der Waals surface area (Å²) in [7, 11) is -2.24. The molecule has 0 radical (unpaired) electrons. The van der Waals surface area contributed by atoms with Crippen molar-refractivity contribution in [1.29, 1.82) is 0 Å². The predicted molar refractivity (Wildman–Crippen MR) is 125 cm³/mol. The zero-order valence-corrected chi connectivity index (χ0v) is 18.6. The van der Waals surface area contributed by atoms with Gasteiger partial charge in [0.15, 0.2) is 5.11 Å². The number of hydrogen-bond donors (Lipinski definition) is 3. The van der Waals surface area contributed by atoms with Crippen molar-refractivity contribution in [2.24, 2.45) is 0 Å². The molecule has 3 rings (SSSR count). The van der Waals surface area contributed by atoms with E-state index in [4.69, 9.17) is 28.6 Å². The van der Waals surface area contributed by atoms with Gasteiger partial charge in [-0.2, -0.15) is 0 Å². The second-order valence-corrected chi connectivity index (χ2v) is 8.80. The third kappa shape index (κ3) is 6.17. The summed E-state index contributed by atoms with van der Waals surface area (Å²) < 4.78 is 32.7. The SMILES string of the molecule is COc1ccc(NS(=O)(=O)c2ccc(NC(=S)NC(=O)c3cccc(Cl)c3)cc2)cc1. The number of benzene rings is 3. The summed E-state index contributed by atoms with van der Waals surface area (Å²) in [5, 5.41) is 5.88. The Hall–Kier alpha value is -3.14. The van der Waals surface area contributed by atoms with Crippen molar-refractivity contribution in [3.8, 4) is 5.75 Å². The summed E-state index contributed by atoms with van der Waals surface area (Å²) in [6, 6.07) is 18.9. The van der Waals surface area contributed by atoms with Crippen LogP contribution in [-0.2, 0) is 10.0 Å². The Morgan fingerprint density at radius 2 is 1.61 bits per heavy atom. The molecule has 3 N–H and O–H groups in total. The fraction of sp³-hybridized carbons (Fsp3) is 0.0476. The molecule has 0 unspecified atom stereocenters. The summed E-state index contributed by atoms with van der Waals surface area (Å²) >= 11 is 11.0. The molecule has 3 aromatic carbocycles. The molecule has 0 fully saturated rings. The summed E-state index contributed by atoms with van der Waals surface area (Å²) in [5.74, 6) is 0.208. The molecular weight excluding hydrogens is 458 g/mol. The minimum absolute atomic E-state index is 0.0666. The van der Waals surface area contributed by atoms with Crippen molar-refractivity contribution < 1.29 is 17.9 Å². The van der Waals surface area contributed by atoms with Crippen LogP contribution in [0.15, 0.2) is 77.7 Å². The van der Waals surface area contributed by atoms with E-state index in [-0.39, 0.29) is 10.0 Å². The zero-order valence-electron chi connectivity index (χ0n) is 16.3. The van der Waals surface area contributed by atoms with Gasteiger partial charge in [0.2, 0.25) is 0 Å². The van der Waals surface area contributed by atoms with Gasteiger partial charge < -0.3 is 10.1 Å². The van der Waals surface area contributed by atoms with Crippen molar-refractivity contribution in [3.05, 3.63) is 83.4 Å². The average Bonchev–Trinajstić information content (AvgIpc) is 2.74. The molecule has 0 saturated carbocycles. The van der Waals surface area contributed by atoms with Gasteiger partial charge in [0.25, 0.3) is 15.9 Å². The number of rotatable bonds is 6. The topological polar surface area (TPSA) is 96.5 Å². The standard InChI is InChI=1S/C21H18ClN3O4S2/c1-29-18-9-5-17(6-10-18)25-31(27,28)19-11-7-16(8-12-19)23-21(30)24-20(26)14-3-2-4-15(22)13-14/h2-13,25H,1H3,(H2,23,24,26,30). The van der Waals surface area contributed by atoms with Crippen molar-refractivity contribution in [2.45, 2.75) is 4.90 Å². The largest absolute Gasteiger partial charge is 0.497 e. The van der Waals surface area contributed by atoms with Crippen LogP contribution < -0.4 is 20.1 Å². The zero-order chi connectivity index (χ0) is 22.4. The normalized spacial score (nSPS) is 10.8. The lowest BCUT2D eigenvalue weighted by Crippen LogP contribution is -2.34. The third-order valence-electron chi connectivity index (χ3n) is 4.08. The second kappa shape index (κ2) is 9.78. The van der Waals surface area contributed by atoms with E-state index >= 15 is 0 Å². The van der Waals surface area contributed by atoms with E-state index in [0.29, 0.717) is 27.7 Å². The van der Waals surface area contributed by atoms with Crippen molar-refractivity contribution in [1.82, 2.24) is 5.32 Å². The number of carbonyl (C=O) groups excluding carboxylic acids is 1. The van der Waals surface area contributed by atoms with Gasteiger partial charge in [0, 0.05) is 22.0 Å². The van der Waals surface area contributed by atoms with Crippen LogP contribution in [0.3, 0.4) is 0 Å². The number of thiocarbonyl (C=S) groups is 1. The first kappa shape index (κ1) is 22.5. The van der Waals surface area contributed by atoms with Crippen LogP contribution in [0.2, 0.25) is 5.02 Å². The van der Waals surface area contributed by atoms with E-state index < -0.39 is 15.9 Å². The molecule has 10 heteroatoms. The summed E-state index contributed by atoms with van der Waals surface area (Å²) in [4.78, 5) is 12.3. The lowest BCUT2D eigenvalue weighted by molar-refractivity contribution is 0.0977. The summed E-state index contributed by atoms with van der Waals surface area (Å²) in [6.07, 6.45) is 0. The quantitative estimate of drug-likeness (QED) is 0.460. The van der Waals surface area contributed by atoms with Crippen LogP contribution in [0.25, 0.3) is 0 Å². The van der Waals surface area contributed by atoms with Crippen LogP contribution in [-0.4, -0.2) is 26.5 Å². The van der Waals surface area contributed by atoms with E-state index in [1.54, 1.807) is 54.6 Å². The second-order valence-electron chi connectivity index (χ2n) is 6.28. The Bertz CT molecular complexity index is 1200. The average molecular weight is 476 g/mol. The molecule has 31 heavy (non-hydrogen) atoms. The molecule has 0 bridgehead atoms. The highest BCUT2D eigenvalue weighted by Gasteiger charge is 2.15. The van der Waals surface area contributed by atoms with Gasteiger partial charge in [0.05, 0.1) is 12.0 Å². The van der Waals surface area contributed by atoms with E-state index in [9.17, 15) is 13.2 Å². The van der Waals surface area contributed by atoms with Crippen LogP contribution in [0, 0.1) is 0 Å². The van der Waals surface area contributed by atoms with Crippen molar-refractivity contribution in [2.75, 3.05) is 17.1 Å². The van der Waals surface area contributed by atoms with Crippen molar-refractivity contribution >= 4 is 56.2 Å². The molecule has 0 aliphatic heterocycles. The lowest BCUT2D eigenvalue weighted by Gasteiger charge is -2.11. The fourth-order valence-electron chi connectivity index (χ4n) is 2.56. The molecule has 7 nitrogen and oxygen atoms in total. The molecule has 160 valence electrons. The number of amides is 1. The molecule has 0 saturated heterocycles. The first-order valence-electron chi connectivity index (χ1n) is 8.92. The molecule has 0 spiro atoms. The first-order valence-corrected chi connectivity index (χ1v) is 11.2. The van der Waals surface area contributed by atoms with Gasteiger partial charge >= 0.3 is 0 Å². The number of anilines is 2. The lowest BCUT2D eigenvalue weighted by atomic mass is 10.2. The molecular formula is C21H18ClN3O4S2. The Labute approximate surface area is 190 Å². The van der Waals surface area contributed by atoms with E-state index in [0.717, 1.165) is 0 Å². The minimum Gasteiger partial charge on any atom is -0.497 e. The first-order chi connectivity index (χ1) is 14.8. The van der Waals surface area contributed by atoms with Gasteiger partial charge in [0.1, 0.15) is 5.75 Å². The van der Waals surface area contributed by atoms with Gasteiger partial charge in [-0.05, 0) is 78.9 Å². The number of carbonyl (C=O) groups is 1. The molecule has 1 amide bonds. The van der Waals surface area contributed by atoms with Gasteiger partial charge in [-0.1, -0.05) is 17.7 Å². The van der Waals surface area contributed by atoms with E-state index in [1.807, 2.05) is 0 Å². The number of sulfonamides is 1. The number of hydrogen-bond acceptors (Lipinski definition) is 5.